The van der Waals surface area contributed by atoms with Crippen LogP contribution >= 0.6 is 0 Å². The van der Waals surface area contributed by atoms with E-state index < -0.39 is 0 Å². The quantitative estimate of drug-likeness (QED) is 0.533. The number of fused-ring (bicyclic) bond motifs is 5. The van der Waals surface area contributed by atoms with Crippen molar-refractivity contribution in [2.24, 2.45) is 40.4 Å². The summed E-state index contributed by atoms with van der Waals surface area (Å²) in [6.07, 6.45) is 17.1. The summed E-state index contributed by atoms with van der Waals surface area (Å²) in [5.74, 6) is 4.25. The molecule has 3 saturated carbocycles. The van der Waals surface area contributed by atoms with Crippen LogP contribution in [0.15, 0.2) is 23.3 Å². The van der Waals surface area contributed by atoms with Crippen LogP contribution in [0.3, 0.4) is 0 Å². The second kappa shape index (κ2) is 8.15. The molecular formula is C27H44O2. The number of allylic oxidation sites excluding steroid dienone is 2. The largest absolute Gasteiger partial charge is 0.393 e. The van der Waals surface area contributed by atoms with Crippen molar-refractivity contribution in [2.45, 2.75) is 98.0 Å². The van der Waals surface area contributed by atoms with Gasteiger partial charge in [-0.1, -0.05) is 44.1 Å². The fraction of sp³-hybridized carbons (Fsp3) is 0.852. The van der Waals surface area contributed by atoms with Gasteiger partial charge in [0.1, 0.15) is 0 Å². The number of aliphatic hydroxyl groups is 2. The minimum absolute atomic E-state index is 0.0973. The van der Waals surface area contributed by atoms with E-state index in [4.69, 9.17) is 0 Å². The second-order valence-corrected chi connectivity index (χ2v) is 11.6. The molecule has 0 radical (unpaired) electrons. The smallest absolute Gasteiger partial charge is 0.0639 e. The Balaban J connectivity index is 1.48. The molecule has 0 aromatic rings. The Morgan fingerprint density at radius 2 is 1.97 bits per heavy atom. The Kier molecular flexibility index (Phi) is 6.08. The van der Waals surface area contributed by atoms with Gasteiger partial charge in [0.25, 0.3) is 0 Å². The zero-order chi connectivity index (χ0) is 20.8. The van der Waals surface area contributed by atoms with Gasteiger partial charge < -0.3 is 10.2 Å². The van der Waals surface area contributed by atoms with Crippen LogP contribution in [0.1, 0.15) is 91.9 Å². The lowest BCUT2D eigenvalue weighted by atomic mass is 9.47. The Morgan fingerprint density at radius 3 is 2.72 bits per heavy atom. The van der Waals surface area contributed by atoms with Crippen LogP contribution in [0, 0.1) is 40.4 Å². The molecule has 4 rings (SSSR count). The van der Waals surface area contributed by atoms with Crippen LogP contribution in [0.5, 0.6) is 0 Å². The molecular weight excluding hydrogens is 356 g/mol. The van der Waals surface area contributed by atoms with Crippen LogP contribution < -0.4 is 0 Å². The van der Waals surface area contributed by atoms with Crippen molar-refractivity contribution in [3.63, 3.8) is 0 Å². The lowest BCUT2D eigenvalue weighted by Gasteiger charge is -2.58. The van der Waals surface area contributed by atoms with Gasteiger partial charge in [-0.05, 0) is 112 Å². The second-order valence-electron chi connectivity index (χ2n) is 11.6. The molecule has 0 spiro atoms. The van der Waals surface area contributed by atoms with Gasteiger partial charge in [-0.15, -0.1) is 0 Å². The molecule has 0 aromatic carbocycles. The van der Waals surface area contributed by atoms with Crippen LogP contribution in [-0.2, 0) is 0 Å². The maximum absolute atomic E-state index is 10.2. The Bertz CT molecular complexity index is 663. The molecule has 0 bridgehead atoms. The molecule has 4 aliphatic rings. The average molecular weight is 401 g/mol. The van der Waals surface area contributed by atoms with E-state index in [-0.39, 0.29) is 12.7 Å². The summed E-state index contributed by atoms with van der Waals surface area (Å²) < 4.78 is 0. The van der Waals surface area contributed by atoms with Crippen LogP contribution in [0.2, 0.25) is 0 Å². The van der Waals surface area contributed by atoms with E-state index in [0.29, 0.717) is 10.8 Å². The summed E-state index contributed by atoms with van der Waals surface area (Å²) >= 11 is 0. The number of aliphatic hydroxyl groups excluding tert-OH is 2. The van der Waals surface area contributed by atoms with Crippen molar-refractivity contribution in [3.05, 3.63) is 23.3 Å². The molecule has 0 aromatic heterocycles. The normalized spacial score (nSPS) is 45.8. The number of hydrogen-bond donors (Lipinski definition) is 2. The van der Waals surface area contributed by atoms with Crippen molar-refractivity contribution in [1.29, 1.82) is 0 Å². The van der Waals surface area contributed by atoms with Gasteiger partial charge in [0.2, 0.25) is 0 Å². The average Bonchev–Trinajstić information content (AvgIpc) is 3.05. The van der Waals surface area contributed by atoms with Crippen molar-refractivity contribution in [3.8, 4) is 0 Å². The molecule has 164 valence electrons. The third-order valence-corrected chi connectivity index (χ3v) is 10.2. The van der Waals surface area contributed by atoms with Crippen molar-refractivity contribution >= 4 is 0 Å². The first-order valence-electron chi connectivity index (χ1n) is 12.4. The van der Waals surface area contributed by atoms with E-state index in [0.717, 1.165) is 54.4 Å². The molecule has 3 fully saturated rings. The van der Waals surface area contributed by atoms with E-state index in [1.165, 1.54) is 44.9 Å². The molecule has 0 aliphatic heterocycles. The molecule has 0 saturated heterocycles. The highest BCUT2D eigenvalue weighted by atomic mass is 16.3. The maximum atomic E-state index is 10.2. The molecule has 29 heavy (non-hydrogen) atoms. The van der Waals surface area contributed by atoms with Gasteiger partial charge in [0, 0.05) is 0 Å². The van der Waals surface area contributed by atoms with Gasteiger partial charge in [-0.2, -0.15) is 0 Å². The van der Waals surface area contributed by atoms with Gasteiger partial charge in [-0.25, -0.2) is 0 Å². The molecule has 1 unspecified atom stereocenters. The Morgan fingerprint density at radius 1 is 1.17 bits per heavy atom. The van der Waals surface area contributed by atoms with Gasteiger partial charge in [0.15, 0.2) is 0 Å². The summed E-state index contributed by atoms with van der Waals surface area (Å²) in [7, 11) is 0. The SMILES string of the molecule is CC(=CCC[C@@H](C)[C@H]1CC[C@H]2[C@@H]3CC=C4CC(O)CC[C@]4(C)[C@H]3CC[C@]12C)CO. The topological polar surface area (TPSA) is 40.5 Å². The summed E-state index contributed by atoms with van der Waals surface area (Å²) in [6, 6.07) is 0. The first-order chi connectivity index (χ1) is 13.8. The van der Waals surface area contributed by atoms with Crippen LogP contribution in [0.4, 0.5) is 0 Å². The first kappa shape index (κ1) is 21.6. The monoisotopic (exact) mass is 400 g/mol. The third kappa shape index (κ3) is 3.67. The molecule has 2 heteroatoms. The molecule has 2 nitrogen and oxygen atoms in total. The summed E-state index contributed by atoms with van der Waals surface area (Å²) in [6.45, 7) is 9.91. The molecule has 0 amide bonds. The molecule has 8 atom stereocenters. The summed E-state index contributed by atoms with van der Waals surface area (Å²) in [4.78, 5) is 0. The van der Waals surface area contributed by atoms with Gasteiger partial charge in [-0.3, -0.25) is 0 Å². The van der Waals surface area contributed by atoms with Crippen molar-refractivity contribution in [1.82, 2.24) is 0 Å². The Hall–Kier alpha value is -0.600. The third-order valence-electron chi connectivity index (χ3n) is 10.2. The zero-order valence-electron chi connectivity index (χ0n) is 19.3. The standard InChI is InChI=1S/C27H44O2/c1-18(17-28)6-5-7-19(2)23-10-11-24-22-9-8-20-16-21(29)12-14-26(20,3)25(22)13-15-27(23,24)4/h6,8,19,21-25,28-29H,5,7,9-17H2,1-4H3/t19-,21?,22+,23-,24+,25+,26+,27-/m1/s1. The van der Waals surface area contributed by atoms with Gasteiger partial charge >= 0.3 is 0 Å². The maximum Gasteiger partial charge on any atom is 0.0639 e. The van der Waals surface area contributed by atoms with E-state index in [1.807, 2.05) is 6.92 Å². The molecule has 4 aliphatic carbocycles. The fourth-order valence-electron chi connectivity index (χ4n) is 8.48. The molecule has 0 heterocycles. The van der Waals surface area contributed by atoms with Gasteiger partial charge in [0.05, 0.1) is 12.7 Å². The minimum Gasteiger partial charge on any atom is -0.393 e. The predicted octanol–water partition coefficient (Wildman–Crippen LogP) is 6.28. The highest BCUT2D eigenvalue weighted by Crippen LogP contribution is 2.67. The van der Waals surface area contributed by atoms with E-state index in [9.17, 15) is 10.2 Å². The van der Waals surface area contributed by atoms with Crippen LogP contribution in [-0.4, -0.2) is 22.9 Å². The van der Waals surface area contributed by atoms with E-state index >= 15 is 0 Å². The first-order valence-corrected chi connectivity index (χ1v) is 12.4. The zero-order valence-corrected chi connectivity index (χ0v) is 19.3. The summed E-state index contributed by atoms with van der Waals surface area (Å²) in [5, 5.41) is 19.5. The van der Waals surface area contributed by atoms with Crippen molar-refractivity contribution in [2.75, 3.05) is 6.61 Å². The minimum atomic E-state index is -0.0973. The highest BCUT2D eigenvalue weighted by molar-refractivity contribution is 5.25. The lowest BCUT2D eigenvalue weighted by Crippen LogP contribution is -2.50. The summed E-state index contributed by atoms with van der Waals surface area (Å²) in [5.41, 5.74) is 3.59. The van der Waals surface area contributed by atoms with Crippen LogP contribution in [0.25, 0.3) is 0 Å². The van der Waals surface area contributed by atoms with E-state index in [2.05, 4.69) is 32.9 Å². The lowest BCUT2D eigenvalue weighted by molar-refractivity contribution is -0.0571. The fourth-order valence-corrected chi connectivity index (χ4v) is 8.48. The highest BCUT2D eigenvalue weighted by Gasteiger charge is 2.59. The predicted molar refractivity (Wildman–Crippen MR) is 120 cm³/mol. The van der Waals surface area contributed by atoms with E-state index in [1.54, 1.807) is 5.57 Å². The number of rotatable bonds is 5. The number of hydrogen-bond acceptors (Lipinski definition) is 2. The van der Waals surface area contributed by atoms with Crippen molar-refractivity contribution < 1.29 is 10.2 Å². The molecule has 2 N–H and O–H groups in total. The Labute approximate surface area is 178 Å².